The lowest BCUT2D eigenvalue weighted by atomic mass is 9.98. The molecule has 6 heteroatoms. The van der Waals surface area contributed by atoms with Crippen LogP contribution in [0.2, 0.25) is 0 Å². The van der Waals surface area contributed by atoms with Gasteiger partial charge in [0.05, 0.1) is 17.2 Å². The summed E-state index contributed by atoms with van der Waals surface area (Å²) in [5.41, 5.74) is 3.39. The molecule has 1 aromatic carbocycles. The molecule has 6 nitrogen and oxygen atoms in total. The van der Waals surface area contributed by atoms with Crippen LogP contribution in [0.3, 0.4) is 0 Å². The average Bonchev–Trinajstić information content (AvgIpc) is 2.94. The maximum Gasteiger partial charge on any atom is 0.253 e. The van der Waals surface area contributed by atoms with E-state index in [1.807, 2.05) is 47.1 Å². The fourth-order valence-corrected chi connectivity index (χ4v) is 2.96. The highest BCUT2D eigenvalue weighted by Crippen LogP contribution is 2.21. The highest BCUT2D eigenvalue weighted by atomic mass is 16.2. The minimum atomic E-state index is 0.0606. The van der Waals surface area contributed by atoms with Gasteiger partial charge in [-0.05, 0) is 30.7 Å². The Morgan fingerprint density at radius 3 is 2.74 bits per heavy atom. The normalized spacial score (nSPS) is 14.9. The smallest absolute Gasteiger partial charge is 0.253 e. The summed E-state index contributed by atoms with van der Waals surface area (Å²) in [7, 11) is 0. The summed E-state index contributed by atoms with van der Waals surface area (Å²) in [6.45, 7) is 4.44. The molecule has 1 amide bonds. The molecule has 0 spiro atoms. The van der Waals surface area contributed by atoms with Gasteiger partial charge in [0, 0.05) is 49.7 Å². The highest BCUT2D eigenvalue weighted by Gasteiger charge is 2.31. The van der Waals surface area contributed by atoms with E-state index in [2.05, 4.69) is 15.1 Å². The van der Waals surface area contributed by atoms with E-state index in [-0.39, 0.29) is 5.91 Å². The molecule has 1 aliphatic heterocycles. The number of likely N-dealkylation sites (tertiary alicyclic amines) is 1. The van der Waals surface area contributed by atoms with Gasteiger partial charge in [-0.3, -0.25) is 19.4 Å². The number of carbonyl (C=O) groups excluding carboxylic acids is 1. The molecular weight excluding hydrogens is 290 g/mol. The van der Waals surface area contributed by atoms with Gasteiger partial charge in [0.15, 0.2) is 0 Å². The molecule has 2 aromatic heterocycles. The molecule has 0 aliphatic carbocycles. The third-order valence-corrected chi connectivity index (χ3v) is 4.17. The summed E-state index contributed by atoms with van der Waals surface area (Å²) in [5, 5.41) is 4.30. The van der Waals surface area contributed by atoms with Gasteiger partial charge < -0.3 is 4.90 Å². The van der Waals surface area contributed by atoms with Crippen LogP contribution in [0, 0.1) is 12.8 Å². The molecule has 0 unspecified atom stereocenters. The Morgan fingerprint density at radius 1 is 1.22 bits per heavy atom. The van der Waals surface area contributed by atoms with Gasteiger partial charge in [0.2, 0.25) is 0 Å². The molecule has 0 atom stereocenters. The summed E-state index contributed by atoms with van der Waals surface area (Å²) < 4.78 is 1.95. The first-order valence-electron chi connectivity index (χ1n) is 7.68. The summed E-state index contributed by atoms with van der Waals surface area (Å²) >= 11 is 0. The molecule has 1 aliphatic rings. The minimum Gasteiger partial charge on any atom is -0.338 e. The Kier molecular flexibility index (Phi) is 3.29. The molecule has 3 aromatic rings. The van der Waals surface area contributed by atoms with Crippen LogP contribution in [0.5, 0.6) is 0 Å². The molecule has 0 bridgehead atoms. The van der Waals surface area contributed by atoms with E-state index in [1.165, 1.54) is 0 Å². The second-order valence-electron chi connectivity index (χ2n) is 6.08. The maximum atomic E-state index is 12.5. The van der Waals surface area contributed by atoms with Gasteiger partial charge in [-0.15, -0.1) is 0 Å². The topological polar surface area (TPSA) is 63.9 Å². The predicted molar refractivity (Wildman–Crippen MR) is 85.9 cm³/mol. The Morgan fingerprint density at radius 2 is 2.00 bits per heavy atom. The van der Waals surface area contributed by atoms with Crippen LogP contribution < -0.4 is 0 Å². The zero-order valence-corrected chi connectivity index (χ0v) is 12.9. The van der Waals surface area contributed by atoms with E-state index in [1.54, 1.807) is 12.4 Å². The van der Waals surface area contributed by atoms with Crippen molar-refractivity contribution in [3.05, 3.63) is 54.1 Å². The first-order valence-corrected chi connectivity index (χ1v) is 7.68. The lowest BCUT2D eigenvalue weighted by molar-refractivity contribution is 0.0461. The van der Waals surface area contributed by atoms with Crippen molar-refractivity contribution in [2.45, 2.75) is 13.5 Å². The van der Waals surface area contributed by atoms with Crippen molar-refractivity contribution < 1.29 is 4.79 Å². The average molecular weight is 307 g/mol. The van der Waals surface area contributed by atoms with E-state index < -0.39 is 0 Å². The Labute approximate surface area is 133 Å². The molecule has 3 heterocycles. The van der Waals surface area contributed by atoms with E-state index in [4.69, 9.17) is 0 Å². The molecule has 116 valence electrons. The first-order chi connectivity index (χ1) is 11.2. The SMILES string of the molecule is Cc1cnn(CC2CN(C(=O)c3ccc4nccnc4c3)C2)c1. The molecule has 0 saturated carbocycles. The Balaban J connectivity index is 1.42. The van der Waals surface area contributed by atoms with Gasteiger partial charge in [0.25, 0.3) is 5.91 Å². The van der Waals surface area contributed by atoms with Crippen molar-refractivity contribution in [3.63, 3.8) is 0 Å². The zero-order chi connectivity index (χ0) is 15.8. The summed E-state index contributed by atoms with van der Waals surface area (Å²) in [6, 6.07) is 5.48. The van der Waals surface area contributed by atoms with Crippen molar-refractivity contribution in [1.29, 1.82) is 0 Å². The number of aryl methyl sites for hydroxylation is 1. The van der Waals surface area contributed by atoms with E-state index in [0.29, 0.717) is 11.5 Å². The minimum absolute atomic E-state index is 0.0606. The second-order valence-corrected chi connectivity index (χ2v) is 6.08. The number of amides is 1. The van der Waals surface area contributed by atoms with E-state index >= 15 is 0 Å². The number of nitrogens with zero attached hydrogens (tertiary/aromatic N) is 5. The Hall–Kier alpha value is -2.76. The zero-order valence-electron chi connectivity index (χ0n) is 12.9. The fraction of sp³-hybridized carbons (Fsp3) is 0.294. The number of rotatable bonds is 3. The molecule has 0 radical (unpaired) electrons. The monoisotopic (exact) mass is 307 g/mol. The predicted octanol–water partition coefficient (Wildman–Crippen LogP) is 1.91. The van der Waals surface area contributed by atoms with Gasteiger partial charge in [-0.25, -0.2) is 0 Å². The van der Waals surface area contributed by atoms with Gasteiger partial charge in [-0.1, -0.05) is 0 Å². The quantitative estimate of drug-likeness (QED) is 0.741. The standard InChI is InChI=1S/C17H17N5O/c1-12-7-20-22(8-12)11-13-9-21(10-13)17(23)14-2-3-15-16(6-14)19-5-4-18-15/h2-8,13H,9-11H2,1H3. The number of hydrogen-bond donors (Lipinski definition) is 0. The van der Waals surface area contributed by atoms with Crippen molar-refractivity contribution in [1.82, 2.24) is 24.6 Å². The van der Waals surface area contributed by atoms with E-state index in [9.17, 15) is 4.79 Å². The molecule has 4 rings (SSSR count). The lowest BCUT2D eigenvalue weighted by Crippen LogP contribution is -2.51. The van der Waals surface area contributed by atoms with Gasteiger partial charge >= 0.3 is 0 Å². The second kappa shape index (κ2) is 5.46. The Bertz CT molecular complexity index is 866. The number of carbonyl (C=O) groups is 1. The van der Waals surface area contributed by atoms with Crippen LogP contribution in [-0.4, -0.2) is 43.6 Å². The third-order valence-electron chi connectivity index (χ3n) is 4.17. The molecular formula is C17H17N5O. The van der Waals surface area contributed by atoms with Crippen molar-refractivity contribution in [2.24, 2.45) is 5.92 Å². The van der Waals surface area contributed by atoms with Crippen LogP contribution >= 0.6 is 0 Å². The molecule has 0 N–H and O–H groups in total. The molecule has 23 heavy (non-hydrogen) atoms. The highest BCUT2D eigenvalue weighted by molar-refractivity contribution is 5.97. The van der Waals surface area contributed by atoms with Crippen LogP contribution in [-0.2, 0) is 6.54 Å². The maximum absolute atomic E-state index is 12.5. The number of hydrogen-bond acceptors (Lipinski definition) is 4. The lowest BCUT2D eigenvalue weighted by Gasteiger charge is -2.39. The van der Waals surface area contributed by atoms with Crippen LogP contribution in [0.4, 0.5) is 0 Å². The number of fused-ring (bicyclic) bond motifs is 1. The molecule has 1 fully saturated rings. The summed E-state index contributed by atoms with van der Waals surface area (Å²) in [4.78, 5) is 22.9. The summed E-state index contributed by atoms with van der Waals surface area (Å²) in [6.07, 6.45) is 7.19. The third kappa shape index (κ3) is 2.67. The fourth-order valence-electron chi connectivity index (χ4n) is 2.96. The van der Waals surface area contributed by atoms with Crippen LogP contribution in [0.1, 0.15) is 15.9 Å². The van der Waals surface area contributed by atoms with Gasteiger partial charge in [-0.2, -0.15) is 5.10 Å². The van der Waals surface area contributed by atoms with Crippen molar-refractivity contribution in [2.75, 3.05) is 13.1 Å². The largest absolute Gasteiger partial charge is 0.338 e. The van der Waals surface area contributed by atoms with E-state index in [0.717, 1.165) is 36.2 Å². The van der Waals surface area contributed by atoms with Gasteiger partial charge in [0.1, 0.15) is 0 Å². The number of benzene rings is 1. The van der Waals surface area contributed by atoms with Crippen LogP contribution in [0.25, 0.3) is 11.0 Å². The summed E-state index contributed by atoms with van der Waals surface area (Å²) in [5.74, 6) is 0.531. The first kappa shape index (κ1) is 13.9. The van der Waals surface area contributed by atoms with Crippen LogP contribution in [0.15, 0.2) is 43.0 Å². The number of aromatic nitrogens is 4. The van der Waals surface area contributed by atoms with Crippen molar-refractivity contribution in [3.8, 4) is 0 Å². The van der Waals surface area contributed by atoms with Crippen molar-refractivity contribution >= 4 is 16.9 Å². The molecule has 1 saturated heterocycles.